The van der Waals surface area contributed by atoms with E-state index < -0.39 is 29.8 Å². The van der Waals surface area contributed by atoms with E-state index in [4.69, 9.17) is 11.5 Å². The maximum Gasteiger partial charge on any atom is 0.243 e. The molecule has 2 atom stereocenters. The fraction of sp³-hybridized carbons (Fsp3) is 0.750. The minimum atomic E-state index is -0.818. The smallest absolute Gasteiger partial charge is 0.243 e. The van der Waals surface area contributed by atoms with E-state index in [9.17, 15) is 19.2 Å². The first-order valence-corrected chi connectivity index (χ1v) is 8.50. The highest BCUT2D eigenvalue weighted by atomic mass is 16.2. The SMILES string of the molecule is CC(=O)NCC(=O)N[C@@H](CCCCN)C(=O)N[C@@H](CC(C)C)C(N)=O. The standard InChI is InChI=1S/C16H31N5O4/c1-10(2)8-13(15(18)24)21-16(25)12(6-4-5-7-17)20-14(23)9-19-11(3)22/h10,12-13H,4-9,17H2,1-3H3,(H2,18,24)(H,19,22)(H,20,23)(H,21,25)/t12-,13-/m0/s1. The van der Waals surface area contributed by atoms with Crippen LogP contribution in [-0.4, -0.2) is 48.8 Å². The van der Waals surface area contributed by atoms with Crippen LogP contribution in [0.4, 0.5) is 0 Å². The molecular weight excluding hydrogens is 326 g/mol. The van der Waals surface area contributed by atoms with Crippen LogP contribution in [0.5, 0.6) is 0 Å². The number of nitrogens with one attached hydrogen (secondary N) is 3. The summed E-state index contributed by atoms with van der Waals surface area (Å²) in [4.78, 5) is 46.7. The van der Waals surface area contributed by atoms with Gasteiger partial charge in [-0.05, 0) is 38.1 Å². The lowest BCUT2D eigenvalue weighted by Crippen LogP contribution is -2.54. The van der Waals surface area contributed by atoms with Gasteiger partial charge in [-0.25, -0.2) is 0 Å². The Bertz CT molecular complexity index is 467. The van der Waals surface area contributed by atoms with Crippen molar-refractivity contribution in [2.45, 2.75) is 58.5 Å². The summed E-state index contributed by atoms with van der Waals surface area (Å²) in [6.07, 6.45) is 2.13. The normalized spacial score (nSPS) is 13.0. The van der Waals surface area contributed by atoms with Gasteiger partial charge >= 0.3 is 0 Å². The summed E-state index contributed by atoms with van der Waals surface area (Å²) < 4.78 is 0. The minimum absolute atomic E-state index is 0.169. The van der Waals surface area contributed by atoms with Gasteiger partial charge in [0.15, 0.2) is 0 Å². The summed E-state index contributed by atoms with van der Waals surface area (Å²) in [5.74, 6) is -1.75. The van der Waals surface area contributed by atoms with Gasteiger partial charge in [0, 0.05) is 6.92 Å². The zero-order chi connectivity index (χ0) is 19.4. The Labute approximate surface area is 148 Å². The molecular formula is C16H31N5O4. The molecule has 0 spiro atoms. The van der Waals surface area contributed by atoms with Crippen molar-refractivity contribution in [1.29, 1.82) is 0 Å². The van der Waals surface area contributed by atoms with Gasteiger partial charge in [0.05, 0.1) is 6.54 Å². The van der Waals surface area contributed by atoms with Crippen LogP contribution in [0.25, 0.3) is 0 Å². The first-order valence-electron chi connectivity index (χ1n) is 8.50. The molecule has 0 radical (unpaired) electrons. The van der Waals surface area contributed by atoms with Crippen molar-refractivity contribution in [3.05, 3.63) is 0 Å². The van der Waals surface area contributed by atoms with Gasteiger partial charge in [-0.3, -0.25) is 19.2 Å². The van der Waals surface area contributed by atoms with Gasteiger partial charge in [0.25, 0.3) is 0 Å². The molecule has 0 aliphatic heterocycles. The molecule has 0 unspecified atom stereocenters. The van der Waals surface area contributed by atoms with Crippen molar-refractivity contribution in [2.24, 2.45) is 17.4 Å². The third-order valence-corrected chi connectivity index (χ3v) is 3.46. The van der Waals surface area contributed by atoms with E-state index in [-0.39, 0.29) is 18.4 Å². The lowest BCUT2D eigenvalue weighted by Gasteiger charge is -2.23. The number of rotatable bonds is 12. The van der Waals surface area contributed by atoms with E-state index in [0.717, 1.165) is 0 Å². The van der Waals surface area contributed by atoms with E-state index in [0.29, 0.717) is 32.2 Å². The molecule has 9 nitrogen and oxygen atoms in total. The van der Waals surface area contributed by atoms with Crippen LogP contribution >= 0.6 is 0 Å². The van der Waals surface area contributed by atoms with Crippen LogP contribution in [0.15, 0.2) is 0 Å². The summed E-state index contributed by atoms with van der Waals surface area (Å²) in [7, 11) is 0. The van der Waals surface area contributed by atoms with Gasteiger partial charge in [0.1, 0.15) is 12.1 Å². The van der Waals surface area contributed by atoms with E-state index in [1.807, 2.05) is 13.8 Å². The predicted octanol–water partition coefficient (Wildman–Crippen LogP) is -1.25. The maximum absolute atomic E-state index is 12.5. The molecule has 0 bridgehead atoms. The molecule has 0 fully saturated rings. The molecule has 0 rings (SSSR count). The first-order chi connectivity index (χ1) is 11.7. The number of amides is 4. The van der Waals surface area contributed by atoms with E-state index in [2.05, 4.69) is 16.0 Å². The van der Waals surface area contributed by atoms with Gasteiger partial charge in [-0.15, -0.1) is 0 Å². The molecule has 0 aliphatic rings. The Hall–Kier alpha value is -2.16. The van der Waals surface area contributed by atoms with E-state index in [1.165, 1.54) is 6.92 Å². The Kier molecular flexibility index (Phi) is 11.2. The van der Waals surface area contributed by atoms with Crippen LogP contribution in [-0.2, 0) is 19.2 Å². The van der Waals surface area contributed by atoms with Gasteiger partial charge in [0.2, 0.25) is 23.6 Å². The summed E-state index contributed by atoms with van der Waals surface area (Å²) in [6.45, 7) is 5.38. The molecule has 25 heavy (non-hydrogen) atoms. The number of nitrogens with two attached hydrogens (primary N) is 2. The highest BCUT2D eigenvalue weighted by molar-refractivity contribution is 5.92. The van der Waals surface area contributed by atoms with Gasteiger partial charge in [-0.1, -0.05) is 13.8 Å². The summed E-state index contributed by atoms with van der Waals surface area (Å²) in [5, 5.41) is 7.53. The second-order valence-corrected chi connectivity index (χ2v) is 6.41. The average Bonchev–Trinajstić information content (AvgIpc) is 2.50. The molecule has 0 heterocycles. The second-order valence-electron chi connectivity index (χ2n) is 6.41. The summed E-state index contributed by atoms with van der Waals surface area (Å²) >= 11 is 0. The van der Waals surface area contributed by atoms with Crippen molar-refractivity contribution < 1.29 is 19.2 Å². The molecule has 9 heteroatoms. The third-order valence-electron chi connectivity index (χ3n) is 3.46. The molecule has 0 aromatic carbocycles. The van der Waals surface area contributed by atoms with Crippen LogP contribution in [0.2, 0.25) is 0 Å². The molecule has 0 aromatic rings. The quantitative estimate of drug-likeness (QED) is 0.276. The van der Waals surface area contributed by atoms with Crippen LogP contribution in [0.3, 0.4) is 0 Å². The number of primary amides is 1. The molecule has 0 saturated heterocycles. The van der Waals surface area contributed by atoms with E-state index >= 15 is 0 Å². The van der Waals surface area contributed by atoms with Gasteiger partial charge in [-0.2, -0.15) is 0 Å². The Balaban J connectivity index is 4.85. The highest BCUT2D eigenvalue weighted by Crippen LogP contribution is 2.06. The fourth-order valence-electron chi connectivity index (χ4n) is 2.20. The van der Waals surface area contributed by atoms with E-state index in [1.54, 1.807) is 0 Å². The number of carbonyl (C=O) groups excluding carboxylic acids is 4. The maximum atomic E-state index is 12.5. The molecule has 144 valence electrons. The fourth-order valence-corrected chi connectivity index (χ4v) is 2.20. The van der Waals surface area contributed by atoms with Crippen LogP contribution in [0, 0.1) is 5.92 Å². The third kappa shape index (κ3) is 11.1. The molecule has 7 N–H and O–H groups in total. The molecule has 0 saturated carbocycles. The second kappa shape index (κ2) is 12.2. The van der Waals surface area contributed by atoms with Crippen LogP contribution in [0.1, 0.15) is 46.5 Å². The number of unbranched alkanes of at least 4 members (excludes halogenated alkanes) is 1. The topological polar surface area (TPSA) is 156 Å². The molecule has 0 aromatic heterocycles. The largest absolute Gasteiger partial charge is 0.368 e. The number of carbonyl (C=O) groups is 4. The highest BCUT2D eigenvalue weighted by Gasteiger charge is 2.25. The van der Waals surface area contributed by atoms with Crippen LogP contribution < -0.4 is 27.4 Å². The van der Waals surface area contributed by atoms with Crippen molar-refractivity contribution >= 4 is 23.6 Å². The number of hydrogen-bond donors (Lipinski definition) is 5. The first kappa shape index (κ1) is 22.8. The zero-order valence-electron chi connectivity index (χ0n) is 15.3. The van der Waals surface area contributed by atoms with Crippen molar-refractivity contribution in [1.82, 2.24) is 16.0 Å². The van der Waals surface area contributed by atoms with Crippen molar-refractivity contribution in [3.63, 3.8) is 0 Å². The predicted molar refractivity (Wildman–Crippen MR) is 94.1 cm³/mol. The van der Waals surface area contributed by atoms with Crippen molar-refractivity contribution in [3.8, 4) is 0 Å². The Morgan fingerprint density at radius 2 is 1.64 bits per heavy atom. The number of hydrogen-bond acceptors (Lipinski definition) is 5. The Morgan fingerprint density at radius 1 is 1.00 bits per heavy atom. The average molecular weight is 357 g/mol. The molecule has 4 amide bonds. The Morgan fingerprint density at radius 3 is 2.12 bits per heavy atom. The summed E-state index contributed by atoms with van der Waals surface area (Å²) in [6, 6.07) is -1.61. The minimum Gasteiger partial charge on any atom is -0.368 e. The van der Waals surface area contributed by atoms with Gasteiger partial charge < -0.3 is 27.4 Å². The lowest BCUT2D eigenvalue weighted by molar-refractivity contribution is -0.132. The zero-order valence-corrected chi connectivity index (χ0v) is 15.3. The lowest BCUT2D eigenvalue weighted by atomic mass is 10.0. The van der Waals surface area contributed by atoms with Crippen molar-refractivity contribution in [2.75, 3.05) is 13.1 Å². The summed E-state index contributed by atoms with van der Waals surface area (Å²) in [5.41, 5.74) is 10.8. The molecule has 0 aliphatic carbocycles. The monoisotopic (exact) mass is 357 g/mol.